The van der Waals surface area contributed by atoms with Gasteiger partial charge in [-0.25, -0.2) is 4.39 Å². The Kier molecular flexibility index (Phi) is 3.57. The van der Waals surface area contributed by atoms with Crippen LogP contribution in [0.3, 0.4) is 0 Å². The fourth-order valence-corrected chi connectivity index (χ4v) is 1.74. The van der Waals surface area contributed by atoms with Crippen LogP contribution in [0.15, 0.2) is 18.2 Å². The molecule has 0 aliphatic carbocycles. The lowest BCUT2D eigenvalue weighted by Gasteiger charge is -2.37. The van der Waals surface area contributed by atoms with E-state index in [-0.39, 0.29) is 12.2 Å². The predicted octanol–water partition coefficient (Wildman–Crippen LogP) is 0.958. The number of nitriles is 1. The van der Waals surface area contributed by atoms with Crippen LogP contribution in [0, 0.1) is 23.1 Å². The second-order valence-corrected chi connectivity index (χ2v) is 4.11. The molecule has 0 saturated carbocycles. The quantitative estimate of drug-likeness (QED) is 0.846. The summed E-state index contributed by atoms with van der Waals surface area (Å²) in [5, 5.41) is 17.4. The van der Waals surface area contributed by atoms with Crippen LogP contribution in [-0.2, 0) is 0 Å². The van der Waals surface area contributed by atoms with Crippen molar-refractivity contribution < 1.29 is 14.2 Å². The molecule has 4 nitrogen and oxygen atoms in total. The molecule has 0 unspecified atom stereocenters. The van der Waals surface area contributed by atoms with Gasteiger partial charge < -0.3 is 9.84 Å². The summed E-state index contributed by atoms with van der Waals surface area (Å²) in [5.41, 5.74) is 0.0154. The SMILES string of the molecule is N#Cc1ccc(OCN2CC(CO)C2)cc1F. The first kappa shape index (κ1) is 11.8. The molecule has 1 saturated heterocycles. The van der Waals surface area contributed by atoms with Gasteiger partial charge in [0.05, 0.1) is 5.56 Å². The zero-order valence-corrected chi connectivity index (χ0v) is 9.27. The highest BCUT2D eigenvalue weighted by Gasteiger charge is 2.25. The predicted molar refractivity (Wildman–Crippen MR) is 58.8 cm³/mol. The van der Waals surface area contributed by atoms with Crippen molar-refractivity contribution in [3.63, 3.8) is 0 Å². The third-order valence-electron chi connectivity index (χ3n) is 2.77. The van der Waals surface area contributed by atoms with Crippen LogP contribution < -0.4 is 4.74 Å². The van der Waals surface area contributed by atoms with Gasteiger partial charge in [0.25, 0.3) is 0 Å². The molecule has 0 spiro atoms. The minimum atomic E-state index is -0.568. The van der Waals surface area contributed by atoms with E-state index in [0.717, 1.165) is 13.1 Å². The van der Waals surface area contributed by atoms with Crippen LogP contribution in [0.5, 0.6) is 5.75 Å². The second-order valence-electron chi connectivity index (χ2n) is 4.11. The van der Waals surface area contributed by atoms with Crippen LogP contribution in [-0.4, -0.2) is 36.4 Å². The van der Waals surface area contributed by atoms with E-state index in [9.17, 15) is 4.39 Å². The third kappa shape index (κ3) is 2.73. The zero-order valence-electron chi connectivity index (χ0n) is 9.27. The highest BCUT2D eigenvalue weighted by molar-refractivity contribution is 5.36. The molecule has 0 amide bonds. The normalized spacial score (nSPS) is 16.3. The number of aliphatic hydroxyl groups excluding tert-OH is 1. The molecular formula is C12H13FN2O2. The molecule has 0 bridgehead atoms. The van der Waals surface area contributed by atoms with Gasteiger partial charge >= 0.3 is 0 Å². The number of likely N-dealkylation sites (tertiary alicyclic amines) is 1. The Balaban J connectivity index is 1.84. The monoisotopic (exact) mass is 236 g/mol. The summed E-state index contributed by atoms with van der Waals surface area (Å²) in [7, 11) is 0. The highest BCUT2D eigenvalue weighted by atomic mass is 19.1. The van der Waals surface area contributed by atoms with Crippen molar-refractivity contribution in [1.29, 1.82) is 5.26 Å². The first-order valence-electron chi connectivity index (χ1n) is 5.38. The lowest BCUT2D eigenvalue weighted by Crippen LogP contribution is -2.49. The summed E-state index contributed by atoms with van der Waals surface area (Å²) in [5.74, 6) is 0.173. The maximum absolute atomic E-state index is 13.2. The lowest BCUT2D eigenvalue weighted by molar-refractivity contribution is 0.000946. The van der Waals surface area contributed by atoms with Gasteiger partial charge in [-0.2, -0.15) is 5.26 Å². The van der Waals surface area contributed by atoms with E-state index >= 15 is 0 Å². The first-order chi connectivity index (χ1) is 8.22. The van der Waals surface area contributed by atoms with E-state index in [1.165, 1.54) is 12.1 Å². The van der Waals surface area contributed by atoms with E-state index in [4.69, 9.17) is 15.1 Å². The molecule has 1 aliphatic heterocycles. The summed E-state index contributed by atoms with van der Waals surface area (Å²) < 4.78 is 18.6. The van der Waals surface area contributed by atoms with E-state index in [1.807, 2.05) is 4.90 Å². The van der Waals surface area contributed by atoms with Gasteiger partial charge in [-0.3, -0.25) is 4.90 Å². The van der Waals surface area contributed by atoms with Crippen LogP contribution in [0.4, 0.5) is 4.39 Å². The highest BCUT2D eigenvalue weighted by Crippen LogP contribution is 2.18. The number of rotatable bonds is 4. The Labute approximate surface area is 98.8 Å². The van der Waals surface area contributed by atoms with Gasteiger partial charge in [0.15, 0.2) is 0 Å². The summed E-state index contributed by atoms with van der Waals surface area (Å²) >= 11 is 0. The van der Waals surface area contributed by atoms with Crippen molar-refractivity contribution in [2.24, 2.45) is 5.92 Å². The Morgan fingerprint density at radius 3 is 2.88 bits per heavy atom. The summed E-state index contributed by atoms with van der Waals surface area (Å²) in [6.45, 7) is 2.17. The van der Waals surface area contributed by atoms with Crippen LogP contribution in [0.2, 0.25) is 0 Å². The molecule has 1 aromatic rings. The molecule has 17 heavy (non-hydrogen) atoms. The van der Waals surface area contributed by atoms with Crippen molar-refractivity contribution in [3.05, 3.63) is 29.6 Å². The van der Waals surface area contributed by atoms with Crippen molar-refractivity contribution >= 4 is 0 Å². The standard InChI is InChI=1S/C12H13FN2O2/c13-12-3-11(2-1-10(12)4-14)17-8-15-5-9(6-15)7-16/h1-3,9,16H,5-8H2. The molecule has 0 aromatic heterocycles. The van der Waals surface area contributed by atoms with Crippen LogP contribution in [0.25, 0.3) is 0 Å². The van der Waals surface area contributed by atoms with Crippen molar-refractivity contribution in [2.45, 2.75) is 0 Å². The molecule has 2 rings (SSSR count). The number of nitrogens with zero attached hydrogens (tertiary/aromatic N) is 2. The Bertz CT molecular complexity index is 439. The van der Waals surface area contributed by atoms with Crippen molar-refractivity contribution in [2.75, 3.05) is 26.4 Å². The average Bonchev–Trinajstić information content (AvgIpc) is 2.27. The lowest BCUT2D eigenvalue weighted by atomic mass is 10.0. The smallest absolute Gasteiger partial charge is 0.144 e. The fraction of sp³-hybridized carbons (Fsp3) is 0.417. The number of halogens is 1. The third-order valence-corrected chi connectivity index (χ3v) is 2.77. The Hall–Kier alpha value is -1.64. The van der Waals surface area contributed by atoms with E-state index in [2.05, 4.69) is 0 Å². The molecule has 1 N–H and O–H groups in total. The fourth-order valence-electron chi connectivity index (χ4n) is 1.74. The van der Waals surface area contributed by atoms with Gasteiger partial charge in [0, 0.05) is 31.7 Å². The Morgan fingerprint density at radius 2 is 2.29 bits per heavy atom. The molecule has 90 valence electrons. The van der Waals surface area contributed by atoms with Crippen molar-refractivity contribution in [3.8, 4) is 11.8 Å². The summed E-state index contributed by atoms with van der Waals surface area (Å²) in [6.07, 6.45) is 0. The van der Waals surface area contributed by atoms with Gasteiger partial charge in [0.1, 0.15) is 24.4 Å². The van der Waals surface area contributed by atoms with Crippen molar-refractivity contribution in [1.82, 2.24) is 4.90 Å². The molecule has 1 aromatic carbocycles. The molecule has 1 fully saturated rings. The minimum Gasteiger partial charge on any atom is -0.478 e. The number of benzene rings is 1. The molecule has 5 heteroatoms. The molecule has 1 aliphatic rings. The average molecular weight is 236 g/mol. The Morgan fingerprint density at radius 1 is 1.53 bits per heavy atom. The number of hydrogen-bond donors (Lipinski definition) is 1. The second kappa shape index (κ2) is 5.13. The zero-order chi connectivity index (χ0) is 12.3. The summed E-state index contributed by atoms with van der Waals surface area (Å²) in [4.78, 5) is 2.01. The van der Waals surface area contributed by atoms with Gasteiger partial charge in [0.2, 0.25) is 0 Å². The molecule has 0 atom stereocenters. The van der Waals surface area contributed by atoms with E-state index in [0.29, 0.717) is 18.4 Å². The first-order valence-corrected chi connectivity index (χ1v) is 5.38. The maximum Gasteiger partial charge on any atom is 0.144 e. The maximum atomic E-state index is 13.2. The van der Waals surface area contributed by atoms with Crippen LogP contribution in [0.1, 0.15) is 5.56 Å². The van der Waals surface area contributed by atoms with Gasteiger partial charge in [-0.1, -0.05) is 0 Å². The minimum absolute atomic E-state index is 0.0154. The number of aliphatic hydroxyl groups is 1. The van der Waals surface area contributed by atoms with Gasteiger partial charge in [-0.15, -0.1) is 0 Å². The summed E-state index contributed by atoms with van der Waals surface area (Å²) in [6, 6.07) is 5.94. The van der Waals surface area contributed by atoms with E-state index < -0.39 is 5.82 Å². The van der Waals surface area contributed by atoms with Gasteiger partial charge in [-0.05, 0) is 12.1 Å². The molecule has 0 radical (unpaired) electrons. The molecule has 1 heterocycles. The topological polar surface area (TPSA) is 56.5 Å². The largest absolute Gasteiger partial charge is 0.478 e. The van der Waals surface area contributed by atoms with E-state index in [1.54, 1.807) is 12.1 Å². The number of ether oxygens (including phenoxy) is 1. The molecular weight excluding hydrogens is 223 g/mol. The number of hydrogen-bond acceptors (Lipinski definition) is 4. The van der Waals surface area contributed by atoms with Crippen LogP contribution >= 0.6 is 0 Å².